The average molecular weight is 267 g/mol. The molecule has 2 aliphatic rings. The summed E-state index contributed by atoms with van der Waals surface area (Å²) in [6.07, 6.45) is 3.34. The first-order valence-corrected chi connectivity index (χ1v) is 7.67. The Morgan fingerprint density at radius 1 is 1.16 bits per heavy atom. The highest BCUT2D eigenvalue weighted by Gasteiger charge is 2.36. The van der Waals surface area contributed by atoms with E-state index in [4.69, 9.17) is 5.73 Å². The van der Waals surface area contributed by atoms with Crippen molar-refractivity contribution in [2.45, 2.75) is 45.6 Å². The molecule has 19 heavy (non-hydrogen) atoms. The van der Waals surface area contributed by atoms with Gasteiger partial charge in [-0.1, -0.05) is 6.42 Å². The largest absolute Gasteiger partial charge is 0.340 e. The first kappa shape index (κ1) is 14.8. The standard InChI is InChI=1S/C15H29N3O/c1-15(2,3)18-9-7-17(8-10-18)14(19)13-6-4-5-12(13)11-16/h12-13H,4-11,16H2,1-3H3. The molecule has 0 aromatic heterocycles. The second kappa shape index (κ2) is 5.80. The Balaban J connectivity index is 1.89. The summed E-state index contributed by atoms with van der Waals surface area (Å²) in [5, 5.41) is 0. The summed E-state index contributed by atoms with van der Waals surface area (Å²) in [5.41, 5.74) is 6.00. The van der Waals surface area contributed by atoms with E-state index in [0.29, 0.717) is 18.4 Å². The van der Waals surface area contributed by atoms with E-state index in [2.05, 4.69) is 30.6 Å². The number of carbonyl (C=O) groups is 1. The van der Waals surface area contributed by atoms with Crippen LogP contribution in [0, 0.1) is 11.8 Å². The fraction of sp³-hybridized carbons (Fsp3) is 0.933. The molecular formula is C15H29N3O. The number of piperazine rings is 1. The van der Waals surface area contributed by atoms with E-state index in [-0.39, 0.29) is 11.5 Å². The molecule has 110 valence electrons. The third kappa shape index (κ3) is 3.29. The van der Waals surface area contributed by atoms with Crippen molar-refractivity contribution in [3.05, 3.63) is 0 Å². The Morgan fingerprint density at radius 3 is 2.32 bits per heavy atom. The van der Waals surface area contributed by atoms with Crippen LogP contribution >= 0.6 is 0 Å². The molecule has 4 heteroatoms. The van der Waals surface area contributed by atoms with Crippen LogP contribution < -0.4 is 5.73 Å². The van der Waals surface area contributed by atoms with E-state index in [1.54, 1.807) is 0 Å². The zero-order valence-electron chi connectivity index (χ0n) is 12.7. The number of nitrogens with two attached hydrogens (primary N) is 1. The van der Waals surface area contributed by atoms with Gasteiger partial charge in [-0.3, -0.25) is 9.69 Å². The molecule has 2 rings (SSSR count). The Hall–Kier alpha value is -0.610. The van der Waals surface area contributed by atoms with Crippen LogP contribution in [0.2, 0.25) is 0 Å². The number of amides is 1. The number of rotatable bonds is 2. The van der Waals surface area contributed by atoms with Gasteiger partial charge in [0.15, 0.2) is 0 Å². The van der Waals surface area contributed by atoms with E-state index in [1.165, 1.54) is 6.42 Å². The van der Waals surface area contributed by atoms with Crippen molar-refractivity contribution in [3.63, 3.8) is 0 Å². The molecule has 1 saturated heterocycles. The lowest BCUT2D eigenvalue weighted by molar-refractivity contribution is -0.139. The van der Waals surface area contributed by atoms with Gasteiger partial charge in [0.2, 0.25) is 5.91 Å². The summed E-state index contributed by atoms with van der Waals surface area (Å²) >= 11 is 0. The van der Waals surface area contributed by atoms with Crippen molar-refractivity contribution in [3.8, 4) is 0 Å². The van der Waals surface area contributed by atoms with Gasteiger partial charge >= 0.3 is 0 Å². The normalized spacial score (nSPS) is 29.8. The van der Waals surface area contributed by atoms with Gasteiger partial charge in [0, 0.05) is 37.6 Å². The summed E-state index contributed by atoms with van der Waals surface area (Å²) < 4.78 is 0. The zero-order valence-corrected chi connectivity index (χ0v) is 12.7. The van der Waals surface area contributed by atoms with E-state index in [1.807, 2.05) is 0 Å². The molecule has 2 N–H and O–H groups in total. The molecule has 0 aromatic rings. The zero-order chi connectivity index (χ0) is 14.0. The SMILES string of the molecule is CC(C)(C)N1CCN(C(=O)C2CCCC2CN)CC1. The second-order valence-electron chi connectivity index (χ2n) is 7.02. The van der Waals surface area contributed by atoms with Gasteiger partial charge in [-0.2, -0.15) is 0 Å². The van der Waals surface area contributed by atoms with Gasteiger partial charge in [0.1, 0.15) is 0 Å². The minimum atomic E-state index is 0.200. The quantitative estimate of drug-likeness (QED) is 0.820. The minimum Gasteiger partial charge on any atom is -0.340 e. The molecule has 0 aromatic carbocycles. The Bertz CT molecular complexity index is 316. The van der Waals surface area contributed by atoms with Crippen LogP contribution in [-0.2, 0) is 4.79 Å². The Labute approximate surface area is 117 Å². The van der Waals surface area contributed by atoms with Crippen LogP contribution in [0.5, 0.6) is 0 Å². The molecule has 2 atom stereocenters. The highest BCUT2D eigenvalue weighted by molar-refractivity contribution is 5.79. The highest BCUT2D eigenvalue weighted by Crippen LogP contribution is 2.32. The van der Waals surface area contributed by atoms with E-state index in [9.17, 15) is 4.79 Å². The third-order valence-corrected chi connectivity index (χ3v) is 4.82. The van der Waals surface area contributed by atoms with Crippen molar-refractivity contribution in [1.82, 2.24) is 9.80 Å². The van der Waals surface area contributed by atoms with Crippen molar-refractivity contribution in [2.75, 3.05) is 32.7 Å². The van der Waals surface area contributed by atoms with Crippen LogP contribution in [-0.4, -0.2) is 54.0 Å². The fourth-order valence-electron chi connectivity index (χ4n) is 3.48. The van der Waals surface area contributed by atoms with Crippen molar-refractivity contribution in [2.24, 2.45) is 17.6 Å². The lowest BCUT2D eigenvalue weighted by atomic mass is 9.94. The lowest BCUT2D eigenvalue weighted by Crippen LogP contribution is -2.55. The van der Waals surface area contributed by atoms with Crippen molar-refractivity contribution < 1.29 is 4.79 Å². The van der Waals surface area contributed by atoms with Crippen molar-refractivity contribution >= 4 is 5.91 Å². The number of hydrogen-bond acceptors (Lipinski definition) is 3. The van der Waals surface area contributed by atoms with Gasteiger partial charge in [-0.15, -0.1) is 0 Å². The molecule has 1 aliphatic heterocycles. The van der Waals surface area contributed by atoms with Gasteiger partial charge in [-0.25, -0.2) is 0 Å². The summed E-state index contributed by atoms with van der Waals surface area (Å²) in [5.74, 6) is 0.987. The maximum atomic E-state index is 12.6. The Kier molecular flexibility index (Phi) is 4.51. The molecule has 1 amide bonds. The number of hydrogen-bond donors (Lipinski definition) is 1. The van der Waals surface area contributed by atoms with Crippen LogP contribution in [0.3, 0.4) is 0 Å². The fourth-order valence-corrected chi connectivity index (χ4v) is 3.48. The summed E-state index contributed by atoms with van der Waals surface area (Å²) in [7, 11) is 0. The Morgan fingerprint density at radius 2 is 1.79 bits per heavy atom. The minimum absolute atomic E-state index is 0.200. The molecule has 0 spiro atoms. The van der Waals surface area contributed by atoms with Crippen LogP contribution in [0.25, 0.3) is 0 Å². The maximum absolute atomic E-state index is 12.6. The molecule has 2 unspecified atom stereocenters. The molecule has 1 aliphatic carbocycles. The molecule has 1 saturated carbocycles. The van der Waals surface area contributed by atoms with Gasteiger partial charge in [-0.05, 0) is 46.1 Å². The first-order valence-electron chi connectivity index (χ1n) is 7.67. The van der Waals surface area contributed by atoms with Gasteiger partial charge in [0.05, 0.1) is 0 Å². The summed E-state index contributed by atoms with van der Waals surface area (Å²) in [6.45, 7) is 11.1. The molecule has 0 bridgehead atoms. The second-order valence-corrected chi connectivity index (χ2v) is 7.02. The lowest BCUT2D eigenvalue weighted by Gasteiger charge is -2.43. The molecule has 1 heterocycles. The number of carbonyl (C=O) groups excluding carboxylic acids is 1. The van der Waals surface area contributed by atoms with Crippen LogP contribution in [0.4, 0.5) is 0 Å². The predicted octanol–water partition coefficient (Wildman–Crippen LogP) is 1.30. The number of nitrogens with zero attached hydrogens (tertiary/aromatic N) is 2. The van der Waals surface area contributed by atoms with Crippen LogP contribution in [0.1, 0.15) is 40.0 Å². The summed E-state index contributed by atoms with van der Waals surface area (Å²) in [4.78, 5) is 17.1. The summed E-state index contributed by atoms with van der Waals surface area (Å²) in [6, 6.07) is 0. The molecule has 2 fully saturated rings. The average Bonchev–Trinajstić information content (AvgIpc) is 2.85. The predicted molar refractivity (Wildman–Crippen MR) is 77.8 cm³/mol. The van der Waals surface area contributed by atoms with E-state index in [0.717, 1.165) is 39.0 Å². The van der Waals surface area contributed by atoms with E-state index >= 15 is 0 Å². The third-order valence-electron chi connectivity index (χ3n) is 4.82. The highest BCUT2D eigenvalue weighted by atomic mass is 16.2. The maximum Gasteiger partial charge on any atom is 0.226 e. The molecular weight excluding hydrogens is 238 g/mol. The van der Waals surface area contributed by atoms with Gasteiger partial charge in [0.25, 0.3) is 0 Å². The van der Waals surface area contributed by atoms with Crippen LogP contribution in [0.15, 0.2) is 0 Å². The topological polar surface area (TPSA) is 49.6 Å². The molecule has 0 radical (unpaired) electrons. The molecule has 4 nitrogen and oxygen atoms in total. The smallest absolute Gasteiger partial charge is 0.226 e. The van der Waals surface area contributed by atoms with E-state index < -0.39 is 0 Å². The monoisotopic (exact) mass is 267 g/mol. The first-order chi connectivity index (χ1) is 8.93. The van der Waals surface area contributed by atoms with Crippen molar-refractivity contribution in [1.29, 1.82) is 0 Å². The van der Waals surface area contributed by atoms with Gasteiger partial charge < -0.3 is 10.6 Å².